The van der Waals surface area contributed by atoms with Crippen molar-refractivity contribution in [2.75, 3.05) is 64.0 Å². The summed E-state index contributed by atoms with van der Waals surface area (Å²) < 4.78 is 80.5. The number of unbranched alkanes of at least 4 members (excludes halogenated alkanes) is 12. The maximum Gasteiger partial charge on any atom is 0.671 e. The van der Waals surface area contributed by atoms with Crippen LogP contribution < -0.4 is 0 Å². The molecule has 0 aliphatic carbocycles. The van der Waals surface area contributed by atoms with Crippen molar-refractivity contribution in [1.29, 1.82) is 0 Å². The second-order valence-corrected chi connectivity index (χ2v) is 47.9. The Morgan fingerprint density at radius 1 is 0.244 bits per heavy atom. The third kappa shape index (κ3) is 66.3. The Hall–Kier alpha value is 1.18. The van der Waals surface area contributed by atoms with Gasteiger partial charge in [-0.15, -0.1) is 0 Å². The Balaban J connectivity index is -0.0000000606. The molecular formula is C56H156O14Si8. The molecule has 0 spiro atoms. The van der Waals surface area contributed by atoms with Crippen LogP contribution in [0, 0.1) is 0 Å². The molecule has 0 rings (SSSR count). The first-order valence-electron chi connectivity index (χ1n) is 30.2. The summed E-state index contributed by atoms with van der Waals surface area (Å²) in [6.07, 6.45) is 18.8. The smallest absolute Gasteiger partial charge is 0.417 e. The van der Waals surface area contributed by atoms with Gasteiger partial charge in [-0.1, -0.05) is 222 Å². The summed E-state index contributed by atoms with van der Waals surface area (Å²) >= 11 is 0. The molecule has 0 saturated carbocycles. The zero-order valence-electron chi connectivity index (χ0n) is 58.4. The van der Waals surface area contributed by atoms with Gasteiger partial charge in [-0.3, -0.25) is 0 Å². The third-order valence-corrected chi connectivity index (χ3v) is 34.2. The van der Waals surface area contributed by atoms with Crippen molar-refractivity contribution in [3.63, 3.8) is 0 Å². The molecule has 0 N–H and O–H groups in total. The molecule has 0 heterocycles. The van der Waals surface area contributed by atoms with E-state index in [4.69, 9.17) is 60.4 Å². The highest BCUT2D eigenvalue weighted by molar-refractivity contribution is 6.88. The third-order valence-electron chi connectivity index (χ3n) is 9.61. The fourth-order valence-electron chi connectivity index (χ4n) is 6.50. The molecule has 0 aromatic carbocycles. The first kappa shape index (κ1) is 107. The SMILES string of the molecule is C.C.CC.CC.CC.CC.CC.CC.CC.CCCCCCC[Si](C)(C)O[Si](OC)(OC)OC.CCCCCCC[Si](C)(C)O[Si](OC)(OC)OC.CCCCCCC[Si](O[Si](C)(C)C)(O[Si](C)(C)C)O[Si](OC)(OC)OC.[HH].[HH]. The van der Waals surface area contributed by atoms with Gasteiger partial charge in [-0.05, 0) is 84.0 Å². The van der Waals surface area contributed by atoms with Gasteiger partial charge in [0, 0.05) is 72.9 Å². The Labute approximate surface area is 506 Å². The molecule has 0 aliphatic rings. The summed E-state index contributed by atoms with van der Waals surface area (Å²) in [5.74, 6) is 0. The minimum atomic E-state index is -3.27. The van der Waals surface area contributed by atoms with Crippen molar-refractivity contribution in [2.45, 2.75) is 312 Å². The normalized spacial score (nSPS) is 11.2. The molecule has 0 atom stereocenters. The quantitative estimate of drug-likeness (QED) is 0.0432. The Morgan fingerprint density at radius 2 is 0.423 bits per heavy atom. The molecule has 0 saturated heterocycles. The van der Waals surface area contributed by atoms with E-state index in [1.807, 2.05) is 96.9 Å². The van der Waals surface area contributed by atoms with Crippen LogP contribution in [0.25, 0.3) is 0 Å². The predicted molar refractivity (Wildman–Crippen MR) is 371 cm³/mol. The molecule has 0 aromatic heterocycles. The minimum absolute atomic E-state index is 0. The van der Waals surface area contributed by atoms with E-state index in [0.717, 1.165) is 31.0 Å². The average molecular weight is 1280 g/mol. The molecule has 0 aromatic rings. The van der Waals surface area contributed by atoms with Crippen LogP contribution in [-0.2, 0) is 60.4 Å². The molecule has 0 unspecified atom stereocenters. The topological polar surface area (TPSA) is 129 Å². The van der Waals surface area contributed by atoms with E-state index in [2.05, 4.69) is 86.2 Å². The summed E-state index contributed by atoms with van der Waals surface area (Å²) in [6.45, 7) is 56.5. The van der Waals surface area contributed by atoms with Gasteiger partial charge < -0.3 is 60.4 Å². The Bertz CT molecular complexity index is 981. The van der Waals surface area contributed by atoms with Gasteiger partial charge in [-0.25, -0.2) is 0 Å². The summed E-state index contributed by atoms with van der Waals surface area (Å²) in [4.78, 5) is 0. The lowest BCUT2D eigenvalue weighted by Gasteiger charge is -2.42. The van der Waals surface area contributed by atoms with E-state index in [1.165, 1.54) is 83.5 Å². The molecule has 0 aliphatic heterocycles. The molecule has 22 heteroatoms. The van der Waals surface area contributed by atoms with Crippen LogP contribution in [0.2, 0.25) is 83.6 Å². The minimum Gasteiger partial charge on any atom is -0.417 e. The lowest BCUT2D eigenvalue weighted by molar-refractivity contribution is 0.0273. The van der Waals surface area contributed by atoms with Crippen LogP contribution >= 0.6 is 0 Å². The highest BCUT2D eigenvalue weighted by Gasteiger charge is 2.57. The van der Waals surface area contributed by atoms with Crippen molar-refractivity contribution < 1.29 is 63.3 Å². The monoisotopic (exact) mass is 1280 g/mol. The largest absolute Gasteiger partial charge is 0.671 e. The van der Waals surface area contributed by atoms with E-state index in [9.17, 15) is 0 Å². The van der Waals surface area contributed by atoms with Crippen molar-refractivity contribution in [2.24, 2.45) is 0 Å². The standard InChI is InChI=1S/C16H42O6Si4.2C12H30O4Si2.7C2H6.2CH4.2H2/c1-11-12-13-14-15-16-25(20-23(5,6)7,21-24(8,9)10)22-26(17-2,18-3)19-4;2*1-7-8-9-10-11-12-17(5,6)16-18(13-2,14-3)15-4;7*1-2;;;;/h11-16H2,1-10H3;2*7-12H2,1-6H3;7*1-2H3;2*1H4;2*1H. The zero-order chi connectivity index (χ0) is 62.6. The van der Waals surface area contributed by atoms with E-state index < -0.39 is 69.2 Å². The second-order valence-electron chi connectivity index (χ2n) is 18.8. The molecule has 14 nitrogen and oxygen atoms in total. The van der Waals surface area contributed by atoms with Crippen LogP contribution in [0.15, 0.2) is 0 Å². The fraction of sp³-hybridized carbons (Fsp3) is 1.00. The van der Waals surface area contributed by atoms with Crippen LogP contribution in [0.3, 0.4) is 0 Å². The van der Waals surface area contributed by atoms with Gasteiger partial charge in [0.1, 0.15) is 0 Å². The van der Waals surface area contributed by atoms with Crippen molar-refractivity contribution >= 4 is 69.2 Å². The summed E-state index contributed by atoms with van der Waals surface area (Å²) in [7, 11) is -5.20. The molecular weight excluding hydrogens is 1120 g/mol. The van der Waals surface area contributed by atoms with Crippen molar-refractivity contribution in [3.8, 4) is 0 Å². The van der Waals surface area contributed by atoms with Crippen molar-refractivity contribution in [3.05, 3.63) is 0 Å². The lowest BCUT2D eigenvalue weighted by atomic mass is 10.2. The molecule has 0 radical (unpaired) electrons. The maximum absolute atomic E-state index is 6.63. The summed E-state index contributed by atoms with van der Waals surface area (Å²) in [5.41, 5.74) is 0. The Morgan fingerprint density at radius 3 is 0.603 bits per heavy atom. The zero-order valence-corrected chi connectivity index (χ0v) is 66.4. The highest BCUT2D eigenvalue weighted by atomic mass is 28.5. The predicted octanol–water partition coefficient (Wildman–Crippen LogP) is 21.0. The van der Waals surface area contributed by atoms with Crippen LogP contribution in [-0.4, -0.2) is 133 Å². The van der Waals surface area contributed by atoms with Gasteiger partial charge in [-0.2, -0.15) is 0 Å². The molecule has 0 bridgehead atoms. The average Bonchev–Trinajstić information content (AvgIpc) is 3.42. The van der Waals surface area contributed by atoms with Gasteiger partial charge >= 0.3 is 35.9 Å². The maximum atomic E-state index is 6.63. The van der Waals surface area contributed by atoms with E-state index >= 15 is 0 Å². The van der Waals surface area contributed by atoms with Gasteiger partial charge in [0.25, 0.3) is 0 Å². The highest BCUT2D eigenvalue weighted by Crippen LogP contribution is 2.32. The number of hydrogen-bond donors (Lipinski definition) is 0. The molecule has 0 amide bonds. The number of hydrogen-bond acceptors (Lipinski definition) is 14. The van der Waals surface area contributed by atoms with Gasteiger partial charge in [0.05, 0.1) is 0 Å². The Kier molecular flexibility index (Phi) is 97.1. The summed E-state index contributed by atoms with van der Waals surface area (Å²) in [5, 5.41) is 0. The molecule has 0 fully saturated rings. The molecule has 496 valence electrons. The summed E-state index contributed by atoms with van der Waals surface area (Å²) in [6, 6.07) is 3.03. The van der Waals surface area contributed by atoms with Crippen LogP contribution in [0.1, 0.15) is 232 Å². The van der Waals surface area contributed by atoms with E-state index in [1.54, 1.807) is 64.0 Å². The van der Waals surface area contributed by atoms with E-state index in [-0.39, 0.29) is 17.7 Å². The van der Waals surface area contributed by atoms with Gasteiger partial charge in [0.2, 0.25) is 0 Å². The number of rotatable bonds is 37. The fourth-order valence-corrected chi connectivity index (χ4v) is 32.0. The molecule has 78 heavy (non-hydrogen) atoms. The van der Waals surface area contributed by atoms with Gasteiger partial charge in [0.15, 0.2) is 33.3 Å². The van der Waals surface area contributed by atoms with Crippen molar-refractivity contribution in [1.82, 2.24) is 0 Å². The second kappa shape index (κ2) is 70.7. The van der Waals surface area contributed by atoms with E-state index in [0.29, 0.717) is 0 Å². The first-order chi connectivity index (χ1) is 35.8. The lowest BCUT2D eigenvalue weighted by Crippen LogP contribution is -2.64. The first-order valence-corrected chi connectivity index (χ1v) is 50.1. The van der Waals surface area contributed by atoms with Crippen LogP contribution in [0.4, 0.5) is 0 Å². The van der Waals surface area contributed by atoms with Crippen LogP contribution in [0.5, 0.6) is 0 Å².